The Bertz CT molecular complexity index is 4490. The fraction of sp³-hybridized carbons (Fsp3) is 0.118. The first-order valence-corrected chi connectivity index (χ1v) is 27.4. The minimum absolute atomic E-state index is 0.00935. The van der Waals surface area contributed by atoms with Crippen molar-refractivity contribution >= 4 is 43.6 Å². The number of hydrogen-bond donors (Lipinski definition) is 0. The molecule has 9 aromatic carbocycles. The highest BCUT2D eigenvalue weighted by atomic mass is 19.4. The summed E-state index contributed by atoms with van der Waals surface area (Å²) in [4.78, 5) is 4.06. The first-order chi connectivity index (χ1) is 44.5. The van der Waals surface area contributed by atoms with E-state index in [1.807, 2.05) is 6.07 Å². The van der Waals surface area contributed by atoms with E-state index >= 15 is 0 Å². The molecule has 0 fully saturated rings. The smallest absolute Gasteiger partial charge is 0.308 e. The van der Waals surface area contributed by atoms with Crippen LogP contribution in [0, 0.1) is 11.3 Å². The number of halogens is 24. The largest absolute Gasteiger partial charge is 0.416 e. The van der Waals surface area contributed by atoms with Crippen LogP contribution in [0.5, 0.6) is 0 Å². The fourth-order valence-corrected chi connectivity index (χ4v) is 11.6. The number of benzene rings is 9. The highest BCUT2D eigenvalue weighted by molar-refractivity contribution is 6.14. The summed E-state index contributed by atoms with van der Waals surface area (Å²) < 4.78 is 350. The second-order valence-electron chi connectivity index (χ2n) is 22.0. The van der Waals surface area contributed by atoms with E-state index in [0.29, 0.717) is 48.5 Å². The minimum atomic E-state index is -5.40. The molecule has 0 unspecified atom stereocenters. The van der Waals surface area contributed by atoms with Gasteiger partial charge in [0.2, 0.25) is 0 Å². The van der Waals surface area contributed by atoms with Crippen LogP contribution in [0.25, 0.3) is 111 Å². The summed E-state index contributed by atoms with van der Waals surface area (Å²) in [5.74, 6) is 0. The Balaban J connectivity index is 1.26. The molecular weight excluding hydrogens is 1330 g/mol. The molecule has 12 rings (SSSR count). The Morgan fingerprint density at radius 1 is 0.250 bits per heavy atom. The van der Waals surface area contributed by atoms with Gasteiger partial charge in [0.05, 0.1) is 89.6 Å². The molecule has 0 bridgehead atoms. The molecule has 12 aromatic rings. The first-order valence-electron chi connectivity index (χ1n) is 27.4. The SMILES string of the molecule is N#Cc1cc(-n2c3cc(-c4cc(C(F)(F)F)cc(C(F)(F)F)c4)ccc3c3ccc(-c4cc(C(F)(F)F)cc(C(F)(F)F)c4)cc32)c(-c2ccncc2)c(-n2c3cc(-c4cc(C(F)(F)F)cc(C(F)(F)F)c4)ccc3c3ccc(-c4cc(C(F)(F)F)cc(C(F)(F)F)c4)cc32)c1. The van der Waals surface area contributed by atoms with Crippen molar-refractivity contribution in [2.45, 2.75) is 49.4 Å². The number of rotatable bonds is 7. The Kier molecular flexibility index (Phi) is 15.3. The van der Waals surface area contributed by atoms with Crippen molar-refractivity contribution < 1.29 is 105 Å². The zero-order valence-electron chi connectivity index (χ0n) is 47.2. The lowest BCUT2D eigenvalue weighted by Gasteiger charge is -2.21. The van der Waals surface area contributed by atoms with E-state index in [1.54, 1.807) is 0 Å². The Morgan fingerprint density at radius 3 is 0.667 bits per heavy atom. The highest BCUT2D eigenvalue weighted by Gasteiger charge is 2.42. The number of fused-ring (bicyclic) bond motifs is 6. The third-order valence-corrected chi connectivity index (χ3v) is 15.9. The fourth-order valence-electron chi connectivity index (χ4n) is 11.6. The van der Waals surface area contributed by atoms with Gasteiger partial charge in [-0.25, -0.2) is 0 Å². The molecule has 0 amide bonds. The molecular formula is C68H30F24N4. The monoisotopic (exact) mass is 1360 g/mol. The van der Waals surface area contributed by atoms with Crippen molar-refractivity contribution in [3.63, 3.8) is 0 Å². The molecule has 28 heteroatoms. The van der Waals surface area contributed by atoms with Crippen molar-refractivity contribution in [3.8, 4) is 73.1 Å². The van der Waals surface area contributed by atoms with Crippen LogP contribution < -0.4 is 0 Å². The van der Waals surface area contributed by atoms with Crippen molar-refractivity contribution in [3.05, 3.63) is 232 Å². The van der Waals surface area contributed by atoms with Gasteiger partial charge in [-0.1, -0.05) is 48.5 Å². The Morgan fingerprint density at radius 2 is 0.469 bits per heavy atom. The van der Waals surface area contributed by atoms with E-state index in [2.05, 4.69) is 4.98 Å². The second kappa shape index (κ2) is 22.3. The number of hydrogen-bond acceptors (Lipinski definition) is 2. The molecule has 0 aliphatic heterocycles. The van der Waals surface area contributed by atoms with Crippen LogP contribution in [0.15, 0.2) is 182 Å². The van der Waals surface area contributed by atoms with Gasteiger partial charge in [-0.2, -0.15) is 111 Å². The van der Waals surface area contributed by atoms with E-state index in [0.717, 1.165) is 60.7 Å². The molecule has 0 atom stereocenters. The summed E-state index contributed by atoms with van der Waals surface area (Å²) >= 11 is 0. The lowest BCUT2D eigenvalue weighted by Crippen LogP contribution is -2.11. The summed E-state index contributed by atoms with van der Waals surface area (Å²) in [5, 5.41) is 11.1. The molecule has 0 radical (unpaired) electrons. The summed E-state index contributed by atoms with van der Waals surface area (Å²) in [6.45, 7) is 0. The van der Waals surface area contributed by atoms with Gasteiger partial charge >= 0.3 is 49.4 Å². The molecule has 4 nitrogen and oxygen atoms in total. The summed E-state index contributed by atoms with van der Waals surface area (Å²) in [7, 11) is 0. The minimum Gasteiger partial charge on any atom is -0.308 e. The third-order valence-electron chi connectivity index (χ3n) is 15.9. The second-order valence-corrected chi connectivity index (χ2v) is 22.0. The lowest BCUT2D eigenvalue weighted by atomic mass is 9.97. The maximum atomic E-state index is 14.5. The molecule has 0 saturated carbocycles. The maximum Gasteiger partial charge on any atom is 0.416 e. The average molecular weight is 1360 g/mol. The number of aromatic nitrogens is 3. The van der Waals surface area contributed by atoms with Gasteiger partial charge in [0, 0.05) is 39.5 Å². The van der Waals surface area contributed by atoms with Gasteiger partial charge in [-0.05, 0) is 171 Å². The number of pyridine rings is 1. The Labute approximate surface area is 521 Å². The van der Waals surface area contributed by atoms with Gasteiger partial charge in [0.25, 0.3) is 0 Å². The highest BCUT2D eigenvalue weighted by Crippen LogP contribution is 2.49. The molecule has 3 aromatic heterocycles. The summed E-state index contributed by atoms with van der Waals surface area (Å²) in [5.41, 5.74) is -20.9. The van der Waals surface area contributed by atoms with E-state index in [4.69, 9.17) is 0 Å². The standard InChI is InChI=1S/C68H30F24N4/c69-61(70,71)42-15-38(16-43(27-42)62(72,73)74)34-1-5-50-51-6-2-35(39-17-44(63(75,76)77)28-45(18-39)64(78,79)80)24-55(51)95(54(50)23-34)58-13-32(31-93)14-59(60(58)33-9-11-94-12-10-33)96-56-25-36(40-19-46(65(81,82)83)29-47(20-40)66(84,85)86)3-7-52(56)53-8-4-37(26-57(53)96)41-21-48(67(87,88)89)30-49(22-41)68(90,91)92/h1-30H. The van der Waals surface area contributed by atoms with Crippen LogP contribution in [-0.2, 0) is 49.4 Å². The third kappa shape index (κ3) is 12.3. The average Bonchev–Trinajstić information content (AvgIpc) is 1.55. The van der Waals surface area contributed by atoms with Crippen LogP contribution in [0.3, 0.4) is 0 Å². The first kappa shape index (κ1) is 65.6. The maximum absolute atomic E-state index is 14.5. The topological polar surface area (TPSA) is 46.5 Å². The van der Waals surface area contributed by atoms with E-state index in [9.17, 15) is 111 Å². The van der Waals surface area contributed by atoms with Crippen LogP contribution >= 0.6 is 0 Å². The molecule has 96 heavy (non-hydrogen) atoms. The zero-order chi connectivity index (χ0) is 69.5. The van der Waals surface area contributed by atoms with Gasteiger partial charge < -0.3 is 9.13 Å². The summed E-state index contributed by atoms with van der Waals surface area (Å²) in [6, 6.07) is 22.6. The molecule has 0 saturated heterocycles. The van der Waals surface area contributed by atoms with E-state index in [-0.39, 0.29) is 90.4 Å². The van der Waals surface area contributed by atoms with E-state index in [1.165, 1.54) is 57.9 Å². The van der Waals surface area contributed by atoms with Crippen LogP contribution in [0.1, 0.15) is 50.1 Å². The number of nitrogens with zero attached hydrogens (tertiary/aromatic N) is 4. The Hall–Kier alpha value is -10.5. The predicted octanol–water partition coefficient (Wildman–Crippen LogP) is 23.6. The zero-order valence-corrected chi connectivity index (χ0v) is 47.2. The molecule has 3 heterocycles. The van der Waals surface area contributed by atoms with Crippen LogP contribution in [0.4, 0.5) is 105 Å². The van der Waals surface area contributed by atoms with Gasteiger partial charge in [0.15, 0.2) is 0 Å². The van der Waals surface area contributed by atoms with Crippen molar-refractivity contribution in [1.82, 2.24) is 14.1 Å². The quantitative estimate of drug-likeness (QED) is 0.149. The van der Waals surface area contributed by atoms with Gasteiger partial charge in [0.1, 0.15) is 0 Å². The molecule has 490 valence electrons. The van der Waals surface area contributed by atoms with Gasteiger partial charge in [-0.3, -0.25) is 4.98 Å². The lowest BCUT2D eigenvalue weighted by molar-refractivity contribution is -0.144. The van der Waals surface area contributed by atoms with E-state index < -0.39 is 144 Å². The van der Waals surface area contributed by atoms with Gasteiger partial charge in [-0.15, -0.1) is 0 Å². The van der Waals surface area contributed by atoms with Crippen molar-refractivity contribution in [2.24, 2.45) is 0 Å². The molecule has 0 N–H and O–H groups in total. The molecule has 0 spiro atoms. The number of nitriles is 1. The molecule has 0 aliphatic rings. The van der Waals surface area contributed by atoms with Crippen molar-refractivity contribution in [1.29, 1.82) is 5.26 Å². The normalized spacial score (nSPS) is 13.2. The number of alkyl halides is 24. The van der Waals surface area contributed by atoms with Crippen LogP contribution in [-0.4, -0.2) is 14.1 Å². The molecule has 0 aliphatic carbocycles. The van der Waals surface area contributed by atoms with Crippen LogP contribution in [0.2, 0.25) is 0 Å². The predicted molar refractivity (Wildman–Crippen MR) is 305 cm³/mol. The summed E-state index contributed by atoms with van der Waals surface area (Å²) in [6.07, 6.45) is -40.9. The van der Waals surface area contributed by atoms with Crippen molar-refractivity contribution in [2.75, 3.05) is 0 Å².